The second-order valence-corrected chi connectivity index (χ2v) is 7.00. The Labute approximate surface area is 164 Å². The molecule has 0 unspecified atom stereocenters. The molecule has 1 atom stereocenters. The van der Waals surface area contributed by atoms with Gasteiger partial charge < -0.3 is 14.8 Å². The van der Waals surface area contributed by atoms with Crippen molar-refractivity contribution in [3.63, 3.8) is 0 Å². The molecule has 0 aliphatic rings. The highest BCUT2D eigenvalue weighted by molar-refractivity contribution is 7.18. The zero-order valence-corrected chi connectivity index (χ0v) is 15.9. The van der Waals surface area contributed by atoms with Gasteiger partial charge in [-0.3, -0.25) is 4.79 Å². The number of fused-ring (bicyclic) bond motifs is 1. The lowest BCUT2D eigenvalue weighted by Crippen LogP contribution is -2.31. The molecule has 1 amide bonds. The van der Waals surface area contributed by atoms with Crippen molar-refractivity contribution in [1.82, 2.24) is 9.97 Å². The Bertz CT molecular complexity index is 929. The number of nitrogens with one attached hydrogen (secondary N) is 1. The SMILES string of the molecule is C[C@@H](OC(=O)COCc1nc2ccccc2s1)C(=O)Nc1cccnc1Cl. The van der Waals surface area contributed by atoms with E-state index in [9.17, 15) is 9.59 Å². The molecule has 9 heteroatoms. The van der Waals surface area contributed by atoms with Gasteiger partial charge in [-0.15, -0.1) is 11.3 Å². The fraction of sp³-hybridized carbons (Fsp3) is 0.222. The Morgan fingerprint density at radius 1 is 1.26 bits per heavy atom. The summed E-state index contributed by atoms with van der Waals surface area (Å²) in [7, 11) is 0. The van der Waals surface area contributed by atoms with Gasteiger partial charge in [-0.25, -0.2) is 14.8 Å². The third kappa shape index (κ3) is 5.22. The summed E-state index contributed by atoms with van der Waals surface area (Å²) < 4.78 is 11.5. The molecular weight excluding hydrogens is 390 g/mol. The first-order chi connectivity index (χ1) is 13.0. The Balaban J connectivity index is 1.44. The van der Waals surface area contributed by atoms with Crippen molar-refractivity contribution < 1.29 is 19.1 Å². The summed E-state index contributed by atoms with van der Waals surface area (Å²) in [5, 5.41) is 3.47. The summed E-state index contributed by atoms with van der Waals surface area (Å²) in [6, 6.07) is 11.0. The number of benzene rings is 1. The van der Waals surface area contributed by atoms with E-state index in [0.29, 0.717) is 5.69 Å². The third-order valence-corrected chi connectivity index (χ3v) is 4.79. The van der Waals surface area contributed by atoms with Gasteiger partial charge in [0.1, 0.15) is 11.6 Å². The number of nitrogens with zero attached hydrogens (tertiary/aromatic N) is 2. The molecule has 1 aromatic carbocycles. The summed E-state index contributed by atoms with van der Waals surface area (Å²) in [5.74, 6) is -1.15. The number of ether oxygens (including phenoxy) is 2. The van der Waals surface area contributed by atoms with Crippen molar-refractivity contribution in [2.24, 2.45) is 0 Å². The minimum atomic E-state index is -1.00. The van der Waals surface area contributed by atoms with Crippen LogP contribution in [0, 0.1) is 0 Å². The van der Waals surface area contributed by atoms with Gasteiger partial charge in [-0.1, -0.05) is 23.7 Å². The number of hydrogen-bond donors (Lipinski definition) is 1. The first-order valence-corrected chi connectivity index (χ1v) is 9.25. The standard InChI is InChI=1S/C18H16ClN3O4S/c1-11(18(24)22-13-6-4-8-20-17(13)19)26-16(23)10-25-9-15-21-12-5-2-3-7-14(12)27-15/h2-8,11H,9-10H2,1H3,(H,22,24)/t11-/m1/s1. The summed E-state index contributed by atoms with van der Waals surface area (Å²) in [6.45, 7) is 1.38. The molecule has 3 rings (SSSR count). The van der Waals surface area contributed by atoms with E-state index in [0.717, 1.165) is 15.2 Å². The lowest BCUT2D eigenvalue weighted by molar-refractivity contribution is -0.157. The van der Waals surface area contributed by atoms with Crippen LogP contribution in [0.2, 0.25) is 5.15 Å². The highest BCUT2D eigenvalue weighted by Gasteiger charge is 2.19. The second-order valence-electron chi connectivity index (χ2n) is 5.53. The zero-order valence-electron chi connectivity index (χ0n) is 14.3. The van der Waals surface area contributed by atoms with Crippen LogP contribution in [-0.2, 0) is 25.7 Å². The molecule has 27 heavy (non-hydrogen) atoms. The van der Waals surface area contributed by atoms with Gasteiger partial charge >= 0.3 is 5.97 Å². The zero-order chi connectivity index (χ0) is 19.2. The van der Waals surface area contributed by atoms with Crippen molar-refractivity contribution in [2.45, 2.75) is 19.6 Å². The minimum Gasteiger partial charge on any atom is -0.451 e. The number of amides is 1. The molecule has 2 heterocycles. The molecule has 0 spiro atoms. The van der Waals surface area contributed by atoms with Crippen LogP contribution < -0.4 is 5.32 Å². The predicted octanol–water partition coefficient (Wildman–Crippen LogP) is 3.43. The molecule has 0 bridgehead atoms. The minimum absolute atomic E-state index is 0.156. The normalized spacial score (nSPS) is 11.9. The molecule has 0 aliphatic heterocycles. The molecule has 2 aromatic heterocycles. The lowest BCUT2D eigenvalue weighted by atomic mass is 10.3. The molecule has 0 saturated carbocycles. The number of para-hydroxylation sites is 1. The lowest BCUT2D eigenvalue weighted by Gasteiger charge is -2.13. The average Bonchev–Trinajstić information content (AvgIpc) is 3.06. The van der Waals surface area contributed by atoms with Gasteiger partial charge in [0, 0.05) is 6.20 Å². The molecule has 1 N–H and O–H groups in total. The van der Waals surface area contributed by atoms with E-state index in [-0.39, 0.29) is 18.4 Å². The van der Waals surface area contributed by atoms with Gasteiger partial charge in [0.2, 0.25) is 0 Å². The van der Waals surface area contributed by atoms with Gasteiger partial charge in [0.15, 0.2) is 11.3 Å². The van der Waals surface area contributed by atoms with Crippen LogP contribution in [0.4, 0.5) is 5.69 Å². The maximum absolute atomic E-state index is 12.1. The van der Waals surface area contributed by atoms with Gasteiger partial charge in [0.25, 0.3) is 5.91 Å². The number of esters is 1. The van der Waals surface area contributed by atoms with E-state index in [1.807, 2.05) is 24.3 Å². The number of thiazole rings is 1. The number of rotatable bonds is 7. The van der Waals surface area contributed by atoms with Gasteiger partial charge in [-0.05, 0) is 31.2 Å². The molecule has 0 saturated heterocycles. The number of anilines is 1. The Morgan fingerprint density at radius 2 is 2.07 bits per heavy atom. The van der Waals surface area contributed by atoms with E-state index in [4.69, 9.17) is 21.1 Å². The molecule has 140 valence electrons. The molecule has 7 nitrogen and oxygen atoms in total. The topological polar surface area (TPSA) is 90.4 Å². The van der Waals surface area contributed by atoms with Crippen molar-refractivity contribution in [1.29, 1.82) is 0 Å². The Morgan fingerprint density at radius 3 is 2.85 bits per heavy atom. The Kier molecular flexibility index (Phi) is 6.33. The predicted molar refractivity (Wildman–Crippen MR) is 103 cm³/mol. The third-order valence-electron chi connectivity index (χ3n) is 3.48. The average molecular weight is 406 g/mol. The van der Waals surface area contributed by atoms with Gasteiger partial charge in [0.05, 0.1) is 22.5 Å². The van der Waals surface area contributed by atoms with Crippen LogP contribution in [0.5, 0.6) is 0 Å². The van der Waals surface area contributed by atoms with Crippen LogP contribution >= 0.6 is 22.9 Å². The van der Waals surface area contributed by atoms with Crippen LogP contribution in [0.1, 0.15) is 11.9 Å². The number of hydrogen-bond acceptors (Lipinski definition) is 7. The Hall–Kier alpha value is -2.55. The van der Waals surface area contributed by atoms with E-state index >= 15 is 0 Å². The monoisotopic (exact) mass is 405 g/mol. The summed E-state index contributed by atoms with van der Waals surface area (Å²) in [4.78, 5) is 32.2. The fourth-order valence-electron chi connectivity index (χ4n) is 2.20. The van der Waals surface area contributed by atoms with Crippen molar-refractivity contribution in [2.75, 3.05) is 11.9 Å². The van der Waals surface area contributed by atoms with Crippen molar-refractivity contribution in [3.8, 4) is 0 Å². The van der Waals surface area contributed by atoms with Crippen LogP contribution in [0.15, 0.2) is 42.6 Å². The van der Waals surface area contributed by atoms with E-state index in [1.165, 1.54) is 24.5 Å². The summed E-state index contributed by atoms with van der Waals surface area (Å²) in [6.07, 6.45) is 0.504. The number of carbonyl (C=O) groups is 2. The number of pyridine rings is 1. The fourth-order valence-corrected chi connectivity index (χ4v) is 3.27. The quantitative estimate of drug-likeness (QED) is 0.478. The maximum Gasteiger partial charge on any atom is 0.332 e. The highest BCUT2D eigenvalue weighted by Crippen LogP contribution is 2.22. The molecule has 0 radical (unpaired) electrons. The molecule has 3 aromatic rings. The van der Waals surface area contributed by atoms with Crippen molar-refractivity contribution >= 4 is 50.7 Å². The first-order valence-electron chi connectivity index (χ1n) is 8.06. The van der Waals surface area contributed by atoms with Crippen LogP contribution in [-0.4, -0.2) is 34.6 Å². The van der Waals surface area contributed by atoms with E-state index < -0.39 is 18.0 Å². The molecular formula is C18H16ClN3O4S. The summed E-state index contributed by atoms with van der Waals surface area (Å²) in [5.41, 5.74) is 1.24. The van der Waals surface area contributed by atoms with E-state index in [2.05, 4.69) is 15.3 Å². The number of halogens is 1. The first kappa shape index (κ1) is 19.2. The largest absolute Gasteiger partial charge is 0.451 e. The van der Waals surface area contributed by atoms with Crippen LogP contribution in [0.25, 0.3) is 10.2 Å². The number of carbonyl (C=O) groups excluding carboxylic acids is 2. The smallest absolute Gasteiger partial charge is 0.332 e. The van der Waals surface area contributed by atoms with Crippen LogP contribution in [0.3, 0.4) is 0 Å². The molecule has 0 fully saturated rings. The van der Waals surface area contributed by atoms with Gasteiger partial charge in [-0.2, -0.15) is 0 Å². The highest BCUT2D eigenvalue weighted by atomic mass is 35.5. The maximum atomic E-state index is 12.1. The number of aromatic nitrogens is 2. The second kappa shape index (κ2) is 8.90. The summed E-state index contributed by atoms with van der Waals surface area (Å²) >= 11 is 7.38. The van der Waals surface area contributed by atoms with E-state index in [1.54, 1.807) is 12.1 Å². The van der Waals surface area contributed by atoms with Crippen molar-refractivity contribution in [3.05, 3.63) is 52.8 Å². The molecule has 0 aliphatic carbocycles.